The van der Waals surface area contributed by atoms with Crippen LogP contribution in [0.15, 0.2) is 36.4 Å². The number of carbonyl (C=O) groups excluding carboxylic acids is 2. The van der Waals surface area contributed by atoms with Gasteiger partial charge in [-0.15, -0.1) is 0 Å². The summed E-state index contributed by atoms with van der Waals surface area (Å²) in [6.45, 7) is 0. The fourth-order valence-corrected chi connectivity index (χ4v) is 1.04. The molecule has 2 amide bonds. The zero-order valence-electron chi connectivity index (χ0n) is 8.71. The van der Waals surface area contributed by atoms with Gasteiger partial charge in [0.15, 0.2) is 0 Å². The molecule has 88 valence electrons. The Labute approximate surface area is 96.7 Å². The molecule has 0 radical (unpaired) electrons. The molecule has 0 saturated carbocycles. The maximum Gasteiger partial charge on any atom is 0.335 e. The number of primary amides is 1. The highest BCUT2D eigenvalue weighted by Gasteiger charge is 2.02. The molecule has 0 fully saturated rings. The Morgan fingerprint density at radius 3 is 2.18 bits per heavy atom. The van der Waals surface area contributed by atoms with E-state index in [-0.39, 0.29) is 5.56 Å². The normalized spacial score (nSPS) is 10.1. The number of carboxylic acid groups (broad SMARTS) is 1. The van der Waals surface area contributed by atoms with E-state index in [1.807, 2.05) is 0 Å². The molecule has 4 N–H and O–H groups in total. The molecule has 0 unspecified atom stereocenters. The third-order valence-electron chi connectivity index (χ3n) is 1.80. The monoisotopic (exact) mass is 234 g/mol. The summed E-state index contributed by atoms with van der Waals surface area (Å²) in [5, 5.41) is 11.1. The second kappa shape index (κ2) is 5.45. The van der Waals surface area contributed by atoms with Crippen molar-refractivity contribution in [2.75, 3.05) is 5.32 Å². The summed E-state index contributed by atoms with van der Waals surface area (Å²) in [7, 11) is 0. The van der Waals surface area contributed by atoms with Gasteiger partial charge in [-0.25, -0.2) is 4.79 Å². The van der Waals surface area contributed by atoms with Crippen LogP contribution in [-0.4, -0.2) is 22.9 Å². The molecule has 1 aromatic rings. The molecule has 0 aliphatic rings. The van der Waals surface area contributed by atoms with Gasteiger partial charge in [-0.3, -0.25) is 9.59 Å². The number of carboxylic acids is 1. The molecule has 0 bridgehead atoms. The summed E-state index contributed by atoms with van der Waals surface area (Å²) in [6, 6.07) is 5.60. The molecule has 0 aliphatic heterocycles. The highest BCUT2D eigenvalue weighted by Crippen LogP contribution is 2.09. The van der Waals surface area contributed by atoms with Gasteiger partial charge in [0, 0.05) is 17.8 Å². The van der Waals surface area contributed by atoms with E-state index in [2.05, 4.69) is 5.32 Å². The number of hydrogen-bond donors (Lipinski definition) is 3. The van der Waals surface area contributed by atoms with E-state index in [1.54, 1.807) is 0 Å². The molecule has 1 aromatic carbocycles. The third-order valence-corrected chi connectivity index (χ3v) is 1.80. The van der Waals surface area contributed by atoms with Gasteiger partial charge in [-0.1, -0.05) is 0 Å². The van der Waals surface area contributed by atoms with Crippen molar-refractivity contribution in [2.24, 2.45) is 5.73 Å². The first kappa shape index (κ1) is 12.4. The molecule has 17 heavy (non-hydrogen) atoms. The average Bonchev–Trinajstić information content (AvgIpc) is 2.27. The Hall–Kier alpha value is -2.63. The lowest BCUT2D eigenvalue weighted by atomic mass is 10.2. The van der Waals surface area contributed by atoms with Gasteiger partial charge >= 0.3 is 5.97 Å². The van der Waals surface area contributed by atoms with Crippen LogP contribution < -0.4 is 11.1 Å². The van der Waals surface area contributed by atoms with E-state index in [9.17, 15) is 14.4 Å². The fraction of sp³-hybridized carbons (Fsp3) is 0. The first-order valence-corrected chi connectivity index (χ1v) is 4.61. The van der Waals surface area contributed by atoms with Crippen molar-refractivity contribution >= 4 is 23.5 Å². The minimum Gasteiger partial charge on any atom is -0.478 e. The summed E-state index contributed by atoms with van der Waals surface area (Å²) in [6.07, 6.45) is 1.92. The lowest BCUT2D eigenvalue weighted by Gasteiger charge is -2.01. The molecular weight excluding hydrogens is 224 g/mol. The van der Waals surface area contributed by atoms with E-state index in [0.29, 0.717) is 5.69 Å². The van der Waals surface area contributed by atoms with Crippen LogP contribution in [-0.2, 0) is 9.59 Å². The Morgan fingerprint density at radius 1 is 1.12 bits per heavy atom. The minimum atomic E-state index is -1.04. The van der Waals surface area contributed by atoms with Gasteiger partial charge in [-0.05, 0) is 24.3 Å². The first-order valence-electron chi connectivity index (χ1n) is 4.61. The lowest BCUT2D eigenvalue weighted by Crippen LogP contribution is -2.11. The van der Waals surface area contributed by atoms with Crippen molar-refractivity contribution in [2.45, 2.75) is 0 Å². The van der Waals surface area contributed by atoms with Gasteiger partial charge in [0.2, 0.25) is 11.8 Å². The number of aromatic carboxylic acids is 1. The highest BCUT2D eigenvalue weighted by atomic mass is 16.4. The standard InChI is InChI=1S/C11H10N2O4/c12-9(14)5-6-10(15)13-8-3-1-7(2-4-8)11(16)17/h1-6H,(H2,12,14)(H,13,15)(H,16,17)/b6-5-. The number of anilines is 1. The summed E-state index contributed by atoms with van der Waals surface area (Å²) in [5.41, 5.74) is 5.36. The molecule has 0 heterocycles. The largest absolute Gasteiger partial charge is 0.478 e. The van der Waals surface area contributed by atoms with Crippen molar-refractivity contribution in [3.05, 3.63) is 42.0 Å². The summed E-state index contributed by atoms with van der Waals surface area (Å²) >= 11 is 0. The highest BCUT2D eigenvalue weighted by molar-refractivity contribution is 6.03. The Kier molecular flexibility index (Phi) is 3.99. The molecule has 0 spiro atoms. The van der Waals surface area contributed by atoms with Crippen molar-refractivity contribution in [3.63, 3.8) is 0 Å². The van der Waals surface area contributed by atoms with Crippen LogP contribution in [0, 0.1) is 0 Å². The van der Waals surface area contributed by atoms with Gasteiger partial charge in [0.1, 0.15) is 0 Å². The molecule has 0 aromatic heterocycles. The van der Waals surface area contributed by atoms with Crippen LogP contribution in [0.25, 0.3) is 0 Å². The predicted octanol–water partition coefficient (Wildman–Crippen LogP) is 0.365. The lowest BCUT2D eigenvalue weighted by molar-refractivity contribution is -0.115. The van der Waals surface area contributed by atoms with Gasteiger partial charge < -0.3 is 16.2 Å². The summed E-state index contributed by atoms with van der Waals surface area (Å²) in [4.78, 5) is 32.1. The van der Waals surface area contributed by atoms with E-state index < -0.39 is 17.8 Å². The van der Waals surface area contributed by atoms with Crippen LogP contribution in [0.4, 0.5) is 5.69 Å². The summed E-state index contributed by atoms with van der Waals surface area (Å²) < 4.78 is 0. The number of rotatable bonds is 4. The van der Waals surface area contributed by atoms with E-state index in [4.69, 9.17) is 10.8 Å². The quantitative estimate of drug-likeness (QED) is 0.653. The van der Waals surface area contributed by atoms with E-state index in [1.165, 1.54) is 24.3 Å². The Morgan fingerprint density at radius 2 is 1.71 bits per heavy atom. The average molecular weight is 234 g/mol. The second-order valence-electron chi connectivity index (χ2n) is 3.11. The van der Waals surface area contributed by atoms with E-state index in [0.717, 1.165) is 12.2 Å². The zero-order valence-corrected chi connectivity index (χ0v) is 8.71. The molecular formula is C11H10N2O4. The van der Waals surface area contributed by atoms with Crippen LogP contribution >= 0.6 is 0 Å². The number of amides is 2. The number of nitrogens with two attached hydrogens (primary N) is 1. The predicted molar refractivity (Wildman–Crippen MR) is 60.4 cm³/mol. The number of benzene rings is 1. The van der Waals surface area contributed by atoms with Gasteiger partial charge in [-0.2, -0.15) is 0 Å². The third kappa shape index (κ3) is 4.17. The van der Waals surface area contributed by atoms with Crippen molar-refractivity contribution in [1.82, 2.24) is 0 Å². The number of carbonyl (C=O) groups is 3. The second-order valence-corrected chi connectivity index (χ2v) is 3.11. The van der Waals surface area contributed by atoms with Crippen LogP contribution in [0.5, 0.6) is 0 Å². The molecule has 0 atom stereocenters. The minimum absolute atomic E-state index is 0.121. The first-order chi connectivity index (χ1) is 7.99. The SMILES string of the molecule is NC(=O)/C=C\C(=O)Nc1ccc(C(=O)O)cc1. The fourth-order valence-electron chi connectivity index (χ4n) is 1.04. The maximum absolute atomic E-state index is 11.2. The number of nitrogens with one attached hydrogen (secondary N) is 1. The van der Waals surface area contributed by atoms with Crippen molar-refractivity contribution in [3.8, 4) is 0 Å². The maximum atomic E-state index is 11.2. The van der Waals surface area contributed by atoms with Crippen LogP contribution in [0.3, 0.4) is 0 Å². The van der Waals surface area contributed by atoms with Crippen LogP contribution in [0.2, 0.25) is 0 Å². The molecule has 6 heteroatoms. The van der Waals surface area contributed by atoms with Gasteiger partial charge in [0.25, 0.3) is 0 Å². The number of hydrogen-bond acceptors (Lipinski definition) is 3. The van der Waals surface area contributed by atoms with E-state index >= 15 is 0 Å². The van der Waals surface area contributed by atoms with Crippen molar-refractivity contribution < 1.29 is 19.5 Å². The Balaban J connectivity index is 2.66. The molecule has 0 aliphatic carbocycles. The Bertz CT molecular complexity index is 477. The summed E-state index contributed by atoms with van der Waals surface area (Å²) in [5.74, 6) is -2.29. The van der Waals surface area contributed by atoms with Crippen molar-refractivity contribution in [1.29, 1.82) is 0 Å². The van der Waals surface area contributed by atoms with Gasteiger partial charge in [0.05, 0.1) is 5.56 Å². The smallest absolute Gasteiger partial charge is 0.335 e. The topological polar surface area (TPSA) is 109 Å². The van der Waals surface area contributed by atoms with Crippen LogP contribution in [0.1, 0.15) is 10.4 Å². The molecule has 0 saturated heterocycles. The zero-order chi connectivity index (χ0) is 12.8. The molecule has 1 rings (SSSR count). The molecule has 6 nitrogen and oxygen atoms in total.